The molecule has 2 aliphatic rings. The number of carbonyl (C=O) groups is 2. The fourth-order valence-electron chi connectivity index (χ4n) is 3.86. The summed E-state index contributed by atoms with van der Waals surface area (Å²) in [7, 11) is 0. The Bertz CT molecular complexity index is 567. The van der Waals surface area contributed by atoms with Crippen molar-refractivity contribution in [1.29, 1.82) is 0 Å². The molecule has 0 radical (unpaired) electrons. The van der Waals surface area contributed by atoms with Crippen molar-refractivity contribution >= 4 is 23.3 Å². The standard InChI is InChI=1S/C19H29N3O3S/c23-18(21-19(24)20-15-6-2-1-3-7-15)14-22(12-16-8-4-10-25-16)13-17-9-5-11-26-17/h5,9,11,15-16H,1-4,6-8,10,12-14H2,(H2,20,21,23,24)/p+1/t16-/m1/s1. The highest BCUT2D eigenvalue weighted by Gasteiger charge is 2.25. The number of hydrogen-bond acceptors (Lipinski definition) is 4. The molecule has 0 bridgehead atoms. The fourth-order valence-corrected chi connectivity index (χ4v) is 4.64. The van der Waals surface area contributed by atoms with E-state index in [1.165, 1.54) is 11.3 Å². The summed E-state index contributed by atoms with van der Waals surface area (Å²) >= 11 is 1.70. The minimum atomic E-state index is -0.352. The summed E-state index contributed by atoms with van der Waals surface area (Å²) in [5.41, 5.74) is 0. The van der Waals surface area contributed by atoms with E-state index in [1.807, 2.05) is 6.07 Å². The van der Waals surface area contributed by atoms with Gasteiger partial charge >= 0.3 is 6.03 Å². The average molecular weight is 381 g/mol. The van der Waals surface area contributed by atoms with Crippen molar-refractivity contribution in [1.82, 2.24) is 10.6 Å². The lowest BCUT2D eigenvalue weighted by atomic mass is 9.96. The molecule has 26 heavy (non-hydrogen) atoms. The first kappa shape index (κ1) is 19.3. The Labute approximate surface area is 159 Å². The Balaban J connectivity index is 1.47. The quantitative estimate of drug-likeness (QED) is 0.671. The van der Waals surface area contributed by atoms with Crippen LogP contribution in [0, 0.1) is 0 Å². The molecule has 0 spiro atoms. The lowest BCUT2D eigenvalue weighted by molar-refractivity contribution is -0.908. The SMILES string of the molecule is O=C(C[NH+](Cc1cccs1)C[C@H]1CCCO1)NC(=O)NC1CCCCC1. The van der Waals surface area contributed by atoms with Crippen LogP contribution in [0.5, 0.6) is 0 Å². The highest BCUT2D eigenvalue weighted by atomic mass is 32.1. The van der Waals surface area contributed by atoms with Gasteiger partial charge in [-0.25, -0.2) is 4.79 Å². The third kappa shape index (κ3) is 6.37. The number of quaternary nitrogens is 1. The van der Waals surface area contributed by atoms with E-state index < -0.39 is 0 Å². The van der Waals surface area contributed by atoms with Crippen LogP contribution in [0.15, 0.2) is 17.5 Å². The van der Waals surface area contributed by atoms with Gasteiger partial charge in [0.1, 0.15) is 19.2 Å². The zero-order chi connectivity index (χ0) is 18.2. The van der Waals surface area contributed by atoms with Crippen molar-refractivity contribution in [2.24, 2.45) is 0 Å². The first-order chi connectivity index (χ1) is 12.7. The Kier molecular flexibility index (Phi) is 7.46. The van der Waals surface area contributed by atoms with E-state index in [-0.39, 0.29) is 30.6 Å². The van der Waals surface area contributed by atoms with Gasteiger partial charge in [-0.15, -0.1) is 11.3 Å². The molecule has 2 fully saturated rings. The van der Waals surface area contributed by atoms with Gasteiger partial charge in [-0.05, 0) is 37.1 Å². The second-order valence-electron chi connectivity index (χ2n) is 7.38. The zero-order valence-electron chi connectivity index (χ0n) is 15.3. The van der Waals surface area contributed by atoms with Gasteiger partial charge in [0, 0.05) is 12.6 Å². The number of nitrogens with one attached hydrogen (secondary N) is 3. The summed E-state index contributed by atoms with van der Waals surface area (Å²) in [5, 5.41) is 7.51. The summed E-state index contributed by atoms with van der Waals surface area (Å²) in [5.74, 6) is -0.220. The number of amides is 3. The van der Waals surface area contributed by atoms with Crippen LogP contribution in [0.2, 0.25) is 0 Å². The molecular weight excluding hydrogens is 350 g/mol. The molecule has 1 saturated heterocycles. The molecule has 7 heteroatoms. The lowest BCUT2D eigenvalue weighted by Crippen LogP contribution is -3.13. The molecule has 0 aromatic carbocycles. The average Bonchev–Trinajstić information content (AvgIpc) is 3.29. The van der Waals surface area contributed by atoms with Gasteiger partial charge in [-0.3, -0.25) is 10.1 Å². The first-order valence-corrected chi connectivity index (χ1v) is 10.6. The molecular formula is C19H30N3O3S+. The second-order valence-corrected chi connectivity index (χ2v) is 8.41. The summed E-state index contributed by atoms with van der Waals surface area (Å²) < 4.78 is 5.74. The molecule has 3 rings (SSSR count). The molecule has 1 aliphatic heterocycles. The Hall–Kier alpha value is -1.44. The van der Waals surface area contributed by atoms with Gasteiger partial charge in [-0.2, -0.15) is 0 Å². The van der Waals surface area contributed by atoms with Crippen LogP contribution in [0.3, 0.4) is 0 Å². The van der Waals surface area contributed by atoms with Gasteiger partial charge in [0.25, 0.3) is 5.91 Å². The number of ether oxygens (including phenoxy) is 1. The van der Waals surface area contributed by atoms with Gasteiger partial charge in [0.05, 0.1) is 4.88 Å². The van der Waals surface area contributed by atoms with E-state index in [0.717, 1.165) is 63.1 Å². The van der Waals surface area contributed by atoms with Gasteiger partial charge in [0.2, 0.25) is 0 Å². The van der Waals surface area contributed by atoms with Gasteiger partial charge < -0.3 is 15.0 Å². The summed E-state index contributed by atoms with van der Waals surface area (Å²) in [6.07, 6.45) is 7.92. The molecule has 1 unspecified atom stereocenters. The molecule has 1 aromatic heterocycles. The van der Waals surface area contributed by atoms with Crippen LogP contribution >= 0.6 is 11.3 Å². The number of carbonyl (C=O) groups excluding carboxylic acids is 2. The Morgan fingerprint density at radius 3 is 2.73 bits per heavy atom. The van der Waals surface area contributed by atoms with Crippen molar-refractivity contribution in [2.45, 2.75) is 63.6 Å². The zero-order valence-corrected chi connectivity index (χ0v) is 16.1. The fraction of sp³-hybridized carbons (Fsp3) is 0.684. The summed E-state index contributed by atoms with van der Waals surface area (Å²) in [6.45, 7) is 2.69. The maximum atomic E-state index is 12.4. The second kappa shape index (κ2) is 10.0. The number of thiophene rings is 1. The lowest BCUT2D eigenvalue weighted by Gasteiger charge is -2.23. The van der Waals surface area contributed by atoms with Crippen LogP contribution in [0.25, 0.3) is 0 Å². The molecule has 3 amide bonds. The molecule has 144 valence electrons. The highest BCUT2D eigenvalue weighted by Crippen LogP contribution is 2.17. The van der Waals surface area contributed by atoms with Crippen molar-refractivity contribution < 1.29 is 19.2 Å². The normalized spacial score (nSPS) is 22.1. The monoisotopic (exact) mass is 380 g/mol. The molecule has 6 nitrogen and oxygen atoms in total. The molecule has 2 atom stereocenters. The Morgan fingerprint density at radius 1 is 1.19 bits per heavy atom. The van der Waals surface area contributed by atoms with Crippen molar-refractivity contribution in [3.05, 3.63) is 22.4 Å². The minimum absolute atomic E-state index is 0.206. The maximum Gasteiger partial charge on any atom is 0.321 e. The molecule has 1 saturated carbocycles. The first-order valence-electron chi connectivity index (χ1n) is 9.77. The third-order valence-corrected chi connectivity index (χ3v) is 6.02. The predicted octanol–water partition coefficient (Wildman–Crippen LogP) is 1.47. The van der Waals surface area contributed by atoms with Gasteiger partial charge in [0.15, 0.2) is 6.54 Å². The third-order valence-electron chi connectivity index (χ3n) is 5.15. The molecule has 1 aromatic rings. The van der Waals surface area contributed by atoms with E-state index >= 15 is 0 Å². The summed E-state index contributed by atoms with van der Waals surface area (Å²) in [4.78, 5) is 26.9. The van der Waals surface area contributed by atoms with E-state index in [9.17, 15) is 9.59 Å². The van der Waals surface area contributed by atoms with Crippen LogP contribution in [0.4, 0.5) is 4.79 Å². The van der Waals surface area contributed by atoms with Crippen LogP contribution in [-0.2, 0) is 16.1 Å². The number of rotatable bonds is 7. The largest absolute Gasteiger partial charge is 0.372 e. The van der Waals surface area contributed by atoms with E-state index in [1.54, 1.807) is 11.3 Å². The minimum Gasteiger partial charge on any atom is -0.372 e. The summed E-state index contributed by atoms with van der Waals surface area (Å²) in [6, 6.07) is 3.97. The highest BCUT2D eigenvalue weighted by molar-refractivity contribution is 7.09. The van der Waals surface area contributed by atoms with E-state index in [4.69, 9.17) is 4.74 Å². The molecule has 3 N–H and O–H groups in total. The maximum absolute atomic E-state index is 12.4. The smallest absolute Gasteiger partial charge is 0.321 e. The topological polar surface area (TPSA) is 71.9 Å². The number of hydrogen-bond donors (Lipinski definition) is 3. The van der Waals surface area contributed by atoms with E-state index in [0.29, 0.717) is 0 Å². The number of urea groups is 1. The van der Waals surface area contributed by atoms with Crippen LogP contribution < -0.4 is 15.5 Å². The van der Waals surface area contributed by atoms with Crippen molar-refractivity contribution in [3.63, 3.8) is 0 Å². The number of imide groups is 1. The van der Waals surface area contributed by atoms with Crippen LogP contribution in [0.1, 0.15) is 49.8 Å². The van der Waals surface area contributed by atoms with Crippen molar-refractivity contribution in [3.8, 4) is 0 Å². The van der Waals surface area contributed by atoms with Crippen LogP contribution in [-0.4, -0.2) is 43.8 Å². The van der Waals surface area contributed by atoms with Crippen molar-refractivity contribution in [2.75, 3.05) is 19.7 Å². The van der Waals surface area contributed by atoms with E-state index in [2.05, 4.69) is 22.1 Å². The predicted molar refractivity (Wildman–Crippen MR) is 101 cm³/mol. The van der Waals surface area contributed by atoms with Gasteiger partial charge in [-0.1, -0.05) is 25.3 Å². The molecule has 1 aliphatic carbocycles. The Morgan fingerprint density at radius 2 is 2.04 bits per heavy atom. The molecule has 2 heterocycles.